The second kappa shape index (κ2) is 14.6. The van der Waals surface area contributed by atoms with Crippen molar-refractivity contribution in [3.05, 3.63) is 30.1 Å². The average molecular weight is 497 g/mol. The molecule has 144 valence electrons. The van der Waals surface area contributed by atoms with Gasteiger partial charge in [-0.25, -0.2) is 5.01 Å². The summed E-state index contributed by atoms with van der Waals surface area (Å²) in [5, 5.41) is 6.63. The topological polar surface area (TPSA) is 57.8 Å². The number of hydrazone groups is 1. The highest BCUT2D eigenvalue weighted by Gasteiger charge is 2.15. The Morgan fingerprint density at radius 1 is 1.28 bits per heavy atom. The number of hydrogen-bond donors (Lipinski definition) is 1. The number of nitrogens with two attached hydrogens (primary N) is 1. The lowest BCUT2D eigenvalue weighted by molar-refractivity contribution is 0.268. The van der Waals surface area contributed by atoms with Gasteiger partial charge in [0.2, 0.25) is 0 Å². The molecule has 0 fully saturated rings. The van der Waals surface area contributed by atoms with Crippen LogP contribution in [0.1, 0.15) is 46.2 Å². The third kappa shape index (κ3) is 9.63. The van der Waals surface area contributed by atoms with Gasteiger partial charge in [-0.15, -0.1) is 34.0 Å². The molecule has 25 heavy (non-hydrogen) atoms. The number of thiocarbonyl (C=S) groups is 1. The summed E-state index contributed by atoms with van der Waals surface area (Å²) in [6, 6.07) is 5.93. The van der Waals surface area contributed by atoms with Crippen LogP contribution in [0.5, 0.6) is 0 Å². The first-order chi connectivity index (χ1) is 11.0. The Labute approximate surface area is 178 Å². The molecule has 1 rings (SSSR count). The van der Waals surface area contributed by atoms with Gasteiger partial charge in [0.05, 0.1) is 17.4 Å². The molecular formula is C17H31Br2N5S. The van der Waals surface area contributed by atoms with E-state index in [4.69, 9.17) is 18.0 Å². The molecule has 0 spiro atoms. The zero-order valence-electron chi connectivity index (χ0n) is 15.5. The molecular weight excluding hydrogens is 466 g/mol. The molecule has 0 aliphatic heterocycles. The Morgan fingerprint density at radius 3 is 2.40 bits per heavy atom. The summed E-state index contributed by atoms with van der Waals surface area (Å²) >= 11 is 5.18. The first kappa shape index (κ1) is 26.7. The van der Waals surface area contributed by atoms with E-state index >= 15 is 0 Å². The van der Waals surface area contributed by atoms with Crippen LogP contribution >= 0.6 is 46.2 Å². The fourth-order valence-corrected chi connectivity index (χ4v) is 2.65. The predicted molar refractivity (Wildman–Crippen MR) is 122 cm³/mol. The molecule has 1 aromatic heterocycles. The minimum absolute atomic E-state index is 0. The number of rotatable bonds is 9. The summed E-state index contributed by atoms with van der Waals surface area (Å²) in [6.07, 6.45) is 3.85. The van der Waals surface area contributed by atoms with Crippen LogP contribution in [0.4, 0.5) is 0 Å². The molecule has 1 aromatic rings. The van der Waals surface area contributed by atoms with Crippen LogP contribution in [0.15, 0.2) is 29.5 Å². The molecule has 1 heterocycles. The lowest BCUT2D eigenvalue weighted by Gasteiger charge is -2.26. The first-order valence-electron chi connectivity index (χ1n) is 8.27. The van der Waals surface area contributed by atoms with Crippen molar-refractivity contribution in [2.45, 2.75) is 46.6 Å². The zero-order valence-corrected chi connectivity index (χ0v) is 19.8. The molecule has 0 saturated heterocycles. The predicted octanol–water partition coefficient (Wildman–Crippen LogP) is 4.02. The van der Waals surface area contributed by atoms with Crippen LogP contribution in [0.3, 0.4) is 0 Å². The van der Waals surface area contributed by atoms with Crippen molar-refractivity contribution in [2.75, 3.05) is 19.6 Å². The molecule has 0 amide bonds. The third-order valence-electron chi connectivity index (χ3n) is 3.93. The van der Waals surface area contributed by atoms with Crippen molar-refractivity contribution in [1.29, 1.82) is 0 Å². The van der Waals surface area contributed by atoms with Gasteiger partial charge in [-0.2, -0.15) is 5.10 Å². The Kier molecular flexibility index (Phi) is 15.6. The zero-order chi connectivity index (χ0) is 17.2. The highest BCUT2D eigenvalue weighted by Crippen LogP contribution is 2.10. The second-order valence-corrected chi connectivity index (χ2v) is 6.02. The van der Waals surface area contributed by atoms with E-state index in [9.17, 15) is 0 Å². The third-order valence-corrected chi connectivity index (χ3v) is 4.11. The number of nitrogens with zero attached hydrogens (tertiary/aromatic N) is 4. The minimum Gasteiger partial charge on any atom is -0.375 e. The van der Waals surface area contributed by atoms with Crippen molar-refractivity contribution in [3.63, 3.8) is 0 Å². The monoisotopic (exact) mass is 495 g/mol. The van der Waals surface area contributed by atoms with Gasteiger partial charge in [0.25, 0.3) is 0 Å². The van der Waals surface area contributed by atoms with Gasteiger partial charge in [0.15, 0.2) is 5.11 Å². The lowest BCUT2D eigenvalue weighted by atomic mass is 10.1. The number of hydrogen-bond acceptors (Lipinski definition) is 4. The molecule has 0 aliphatic rings. The summed E-state index contributed by atoms with van der Waals surface area (Å²) in [6.45, 7) is 11.7. The Hall–Kier alpha value is -0.570. The van der Waals surface area contributed by atoms with E-state index in [-0.39, 0.29) is 40.0 Å². The van der Waals surface area contributed by atoms with Crippen LogP contribution in [0, 0.1) is 0 Å². The molecule has 2 N–H and O–H groups in total. The smallest absolute Gasteiger partial charge is 0.187 e. The van der Waals surface area contributed by atoms with E-state index in [1.807, 2.05) is 25.1 Å². The summed E-state index contributed by atoms with van der Waals surface area (Å²) < 4.78 is 0. The second-order valence-electron chi connectivity index (χ2n) is 5.60. The van der Waals surface area contributed by atoms with E-state index in [1.165, 1.54) is 0 Å². The molecule has 0 saturated carbocycles. The number of pyridine rings is 1. The molecule has 8 heteroatoms. The van der Waals surface area contributed by atoms with Gasteiger partial charge in [-0.3, -0.25) is 4.98 Å². The summed E-state index contributed by atoms with van der Waals surface area (Å²) in [5.41, 5.74) is 7.52. The Morgan fingerprint density at radius 2 is 1.92 bits per heavy atom. The fraction of sp³-hybridized carbons (Fsp3) is 0.588. The summed E-state index contributed by atoms with van der Waals surface area (Å²) in [4.78, 5) is 6.73. The van der Waals surface area contributed by atoms with E-state index in [0.717, 1.165) is 43.9 Å². The Bertz CT molecular complexity index is 509. The quantitative estimate of drug-likeness (QED) is 0.318. The van der Waals surface area contributed by atoms with E-state index < -0.39 is 0 Å². The molecule has 1 unspecified atom stereocenters. The van der Waals surface area contributed by atoms with Gasteiger partial charge < -0.3 is 10.6 Å². The average Bonchev–Trinajstić information content (AvgIpc) is 2.56. The van der Waals surface area contributed by atoms with Gasteiger partial charge in [-0.05, 0) is 70.7 Å². The maximum absolute atomic E-state index is 5.87. The lowest BCUT2D eigenvalue weighted by Crippen LogP contribution is -2.39. The van der Waals surface area contributed by atoms with Gasteiger partial charge in [0, 0.05) is 6.20 Å². The van der Waals surface area contributed by atoms with Gasteiger partial charge in [-0.1, -0.05) is 19.9 Å². The largest absolute Gasteiger partial charge is 0.375 e. The van der Waals surface area contributed by atoms with Gasteiger partial charge >= 0.3 is 0 Å². The maximum Gasteiger partial charge on any atom is 0.187 e. The summed E-state index contributed by atoms with van der Waals surface area (Å²) in [7, 11) is 0. The molecule has 5 nitrogen and oxygen atoms in total. The van der Waals surface area contributed by atoms with Crippen LogP contribution in [-0.2, 0) is 0 Å². The Balaban J connectivity index is 0. The standard InChI is InChI=1S/C17H29N5S.2BrH/c1-5-21(6-2)13-9-10-14(3)22(17(18)23)20-15(4)16-11-7-8-12-19-16;;/h7-8,11-12,14H,5-6,9-10,13H2,1-4H3,(H2,18,23);2*1H/b20-15+;;. The highest BCUT2D eigenvalue weighted by molar-refractivity contribution is 8.93. The van der Waals surface area contributed by atoms with E-state index in [1.54, 1.807) is 11.2 Å². The van der Waals surface area contributed by atoms with E-state index in [2.05, 4.69) is 35.8 Å². The molecule has 0 radical (unpaired) electrons. The molecule has 0 aromatic carbocycles. The van der Waals surface area contributed by atoms with Crippen LogP contribution in [0.2, 0.25) is 0 Å². The van der Waals surface area contributed by atoms with Gasteiger partial charge in [0.1, 0.15) is 0 Å². The maximum atomic E-state index is 5.87. The normalized spacial score (nSPS) is 12.1. The van der Waals surface area contributed by atoms with Crippen LogP contribution < -0.4 is 5.73 Å². The molecule has 1 atom stereocenters. The first-order valence-corrected chi connectivity index (χ1v) is 8.68. The number of aromatic nitrogens is 1. The highest BCUT2D eigenvalue weighted by atomic mass is 79.9. The van der Waals surface area contributed by atoms with Crippen molar-refractivity contribution >= 4 is 57.0 Å². The molecule has 0 aliphatic carbocycles. The van der Waals surface area contributed by atoms with Crippen LogP contribution in [-0.4, -0.2) is 51.4 Å². The van der Waals surface area contributed by atoms with Crippen molar-refractivity contribution in [3.8, 4) is 0 Å². The SMILES string of the molecule is Br.Br.CCN(CC)CCCC(C)N(/N=C(\C)c1ccccn1)C(N)=S. The van der Waals surface area contributed by atoms with E-state index in [0.29, 0.717) is 5.11 Å². The minimum atomic E-state index is 0. The van der Waals surface area contributed by atoms with Crippen molar-refractivity contribution in [2.24, 2.45) is 10.8 Å². The number of halogens is 2. The molecule has 0 bridgehead atoms. The summed E-state index contributed by atoms with van der Waals surface area (Å²) in [5.74, 6) is 0. The van der Waals surface area contributed by atoms with Crippen molar-refractivity contribution in [1.82, 2.24) is 14.9 Å². The fourth-order valence-electron chi connectivity index (χ4n) is 2.43. The van der Waals surface area contributed by atoms with Crippen LogP contribution in [0.25, 0.3) is 0 Å². The van der Waals surface area contributed by atoms with Crippen molar-refractivity contribution < 1.29 is 0 Å².